The zero-order valence-corrected chi connectivity index (χ0v) is 7.49. The molecule has 0 saturated carbocycles. The molecule has 0 aliphatic carbocycles. The molecule has 67 valence electrons. The van der Waals surface area contributed by atoms with Crippen molar-refractivity contribution in [3.8, 4) is 6.07 Å². The second-order valence-electron chi connectivity index (χ2n) is 2.99. The number of hydrogen-bond donors (Lipinski definition) is 1. The van der Waals surface area contributed by atoms with Crippen LogP contribution in [0.4, 0.5) is 0 Å². The summed E-state index contributed by atoms with van der Waals surface area (Å²) in [6, 6.07) is 9.58. The Labute approximate surface area is 82.0 Å². The molecule has 0 fully saturated rings. The molecule has 1 radical (unpaired) electrons. The van der Waals surface area contributed by atoms with Gasteiger partial charge in [0.05, 0.1) is 17.3 Å². The molecule has 0 aliphatic rings. The van der Waals surface area contributed by atoms with Crippen molar-refractivity contribution in [1.82, 2.24) is 9.97 Å². The van der Waals surface area contributed by atoms with Crippen LogP contribution in [0, 0.1) is 17.7 Å². The first-order chi connectivity index (χ1) is 6.88. The average Bonchev–Trinajstić information content (AvgIpc) is 2.72. The Morgan fingerprint density at radius 3 is 2.71 bits per heavy atom. The summed E-state index contributed by atoms with van der Waals surface area (Å²) in [5.41, 5.74) is 2.78. The number of nitriles is 1. The predicted octanol–water partition coefficient (Wildman–Crippen LogP) is 1.67. The fourth-order valence-corrected chi connectivity index (χ4v) is 1.25. The first-order valence-electron chi connectivity index (χ1n) is 4.28. The smallest absolute Gasteiger partial charge is 0.173 e. The molecule has 0 bridgehead atoms. The molecule has 1 N–H and O–H groups in total. The number of H-pyrrole nitrogens is 1. The van der Waals surface area contributed by atoms with Gasteiger partial charge in [-0.2, -0.15) is 5.26 Å². The van der Waals surface area contributed by atoms with Gasteiger partial charge in [0.2, 0.25) is 0 Å². The second-order valence-corrected chi connectivity index (χ2v) is 2.99. The molecule has 3 heteroatoms. The molecule has 2 aromatic rings. The Hall–Kier alpha value is -2.08. The molecule has 1 aromatic heterocycles. The minimum Gasteiger partial charge on any atom is -0.342 e. The van der Waals surface area contributed by atoms with Crippen molar-refractivity contribution in [3.63, 3.8) is 0 Å². The molecule has 0 atom stereocenters. The van der Waals surface area contributed by atoms with E-state index in [4.69, 9.17) is 5.26 Å². The van der Waals surface area contributed by atoms with Crippen molar-refractivity contribution in [2.24, 2.45) is 0 Å². The van der Waals surface area contributed by atoms with Crippen molar-refractivity contribution in [2.75, 3.05) is 0 Å². The number of imidazole rings is 1. The second kappa shape index (κ2) is 3.75. The number of rotatable bonds is 2. The number of benzene rings is 1. The summed E-state index contributed by atoms with van der Waals surface area (Å²) in [6.45, 7) is 0. The van der Waals surface area contributed by atoms with Crippen molar-refractivity contribution in [3.05, 3.63) is 53.6 Å². The normalized spacial score (nSPS) is 9.64. The van der Waals surface area contributed by atoms with E-state index in [1.54, 1.807) is 0 Å². The zero-order chi connectivity index (χ0) is 9.80. The molecule has 0 saturated heterocycles. The van der Waals surface area contributed by atoms with Crippen molar-refractivity contribution >= 4 is 0 Å². The minimum absolute atomic E-state index is 0.683. The third-order valence-corrected chi connectivity index (χ3v) is 1.97. The van der Waals surface area contributed by atoms with Gasteiger partial charge in [-0.1, -0.05) is 12.1 Å². The third-order valence-electron chi connectivity index (χ3n) is 1.97. The molecule has 0 aliphatic heterocycles. The molecule has 0 spiro atoms. The van der Waals surface area contributed by atoms with Gasteiger partial charge in [0.25, 0.3) is 0 Å². The summed E-state index contributed by atoms with van der Waals surface area (Å²) < 4.78 is 0. The van der Waals surface area contributed by atoms with Gasteiger partial charge in [0.1, 0.15) is 0 Å². The van der Waals surface area contributed by atoms with E-state index in [0.29, 0.717) is 5.56 Å². The Balaban J connectivity index is 2.15. The quantitative estimate of drug-likeness (QED) is 0.768. The maximum Gasteiger partial charge on any atom is 0.173 e. The maximum absolute atomic E-state index is 8.61. The van der Waals surface area contributed by atoms with Crippen molar-refractivity contribution in [1.29, 1.82) is 5.26 Å². The highest BCUT2D eigenvalue weighted by molar-refractivity contribution is 5.32. The van der Waals surface area contributed by atoms with E-state index in [1.165, 1.54) is 0 Å². The van der Waals surface area contributed by atoms with Crippen molar-refractivity contribution < 1.29 is 0 Å². The highest BCUT2D eigenvalue weighted by Gasteiger charge is 1.97. The minimum atomic E-state index is 0.683. The average molecular weight is 182 g/mol. The number of nitrogens with zero attached hydrogens (tertiary/aromatic N) is 2. The fourth-order valence-electron chi connectivity index (χ4n) is 1.25. The van der Waals surface area contributed by atoms with E-state index in [9.17, 15) is 0 Å². The van der Waals surface area contributed by atoms with Crippen LogP contribution in [-0.4, -0.2) is 9.97 Å². The Morgan fingerprint density at radius 1 is 1.36 bits per heavy atom. The van der Waals surface area contributed by atoms with E-state index >= 15 is 0 Å². The van der Waals surface area contributed by atoms with E-state index in [1.807, 2.05) is 30.5 Å². The Morgan fingerprint density at radius 2 is 2.14 bits per heavy atom. The van der Waals surface area contributed by atoms with Crippen LogP contribution < -0.4 is 0 Å². The molecule has 1 aromatic carbocycles. The monoisotopic (exact) mass is 182 g/mol. The van der Waals surface area contributed by atoms with Crippen LogP contribution in [0.5, 0.6) is 0 Å². The molecule has 14 heavy (non-hydrogen) atoms. The molecule has 0 unspecified atom stereocenters. The van der Waals surface area contributed by atoms with Crippen LogP contribution in [0.15, 0.2) is 30.5 Å². The topological polar surface area (TPSA) is 52.5 Å². The van der Waals surface area contributed by atoms with Gasteiger partial charge < -0.3 is 4.98 Å². The van der Waals surface area contributed by atoms with Gasteiger partial charge in [0.15, 0.2) is 6.33 Å². The summed E-state index contributed by atoms with van der Waals surface area (Å²) >= 11 is 0. The predicted molar refractivity (Wildman–Crippen MR) is 51.4 cm³/mol. The molecular weight excluding hydrogens is 174 g/mol. The van der Waals surface area contributed by atoms with Gasteiger partial charge in [-0.15, -0.1) is 0 Å². The summed E-state index contributed by atoms with van der Waals surface area (Å²) in [6.07, 6.45) is 5.23. The van der Waals surface area contributed by atoms with E-state index < -0.39 is 0 Å². The lowest BCUT2D eigenvalue weighted by atomic mass is 10.1. The molecule has 1 heterocycles. The maximum atomic E-state index is 8.61. The van der Waals surface area contributed by atoms with Crippen LogP contribution in [0.3, 0.4) is 0 Å². The zero-order valence-electron chi connectivity index (χ0n) is 7.49. The highest BCUT2D eigenvalue weighted by Crippen LogP contribution is 2.07. The first-order valence-corrected chi connectivity index (χ1v) is 4.28. The summed E-state index contributed by atoms with van der Waals surface area (Å²) in [5, 5.41) is 8.61. The van der Waals surface area contributed by atoms with Crippen LogP contribution in [0.25, 0.3) is 0 Å². The lowest BCUT2D eigenvalue weighted by Gasteiger charge is -1.97. The van der Waals surface area contributed by atoms with E-state index in [0.717, 1.165) is 17.7 Å². The SMILES string of the molecule is N#Cc1ccc(Cc2c[nH][c]n2)cc1. The Kier molecular flexibility index (Phi) is 2.28. The van der Waals surface area contributed by atoms with Gasteiger partial charge >= 0.3 is 0 Å². The van der Waals surface area contributed by atoms with E-state index in [-0.39, 0.29) is 0 Å². The van der Waals surface area contributed by atoms with Gasteiger partial charge in [0, 0.05) is 12.6 Å². The van der Waals surface area contributed by atoms with Crippen LogP contribution in [0.1, 0.15) is 16.8 Å². The summed E-state index contributed by atoms with van der Waals surface area (Å²) in [7, 11) is 0. The standard InChI is InChI=1S/C11H8N3/c12-6-10-3-1-9(2-4-10)5-11-7-13-8-14-11/h1-4,7H,5H2,(H,13,14). The third kappa shape index (κ3) is 1.80. The largest absolute Gasteiger partial charge is 0.342 e. The van der Waals surface area contributed by atoms with E-state index in [2.05, 4.69) is 22.4 Å². The summed E-state index contributed by atoms with van der Waals surface area (Å²) in [4.78, 5) is 6.79. The first kappa shape index (κ1) is 8.52. The van der Waals surface area contributed by atoms with Crippen LogP contribution >= 0.6 is 0 Å². The number of hydrogen-bond acceptors (Lipinski definition) is 2. The van der Waals surface area contributed by atoms with Gasteiger partial charge in [-0.25, -0.2) is 4.98 Å². The molecule has 3 nitrogen and oxygen atoms in total. The molecule has 0 amide bonds. The van der Waals surface area contributed by atoms with Gasteiger partial charge in [-0.05, 0) is 17.7 Å². The number of aromatic nitrogens is 2. The van der Waals surface area contributed by atoms with Gasteiger partial charge in [-0.3, -0.25) is 0 Å². The number of nitrogens with one attached hydrogen (secondary N) is 1. The highest BCUT2D eigenvalue weighted by atomic mass is 14.9. The molecule has 2 rings (SSSR count). The lowest BCUT2D eigenvalue weighted by Crippen LogP contribution is -1.87. The van der Waals surface area contributed by atoms with Crippen molar-refractivity contribution in [2.45, 2.75) is 6.42 Å². The van der Waals surface area contributed by atoms with Crippen LogP contribution in [0.2, 0.25) is 0 Å². The Bertz CT molecular complexity index is 434. The number of aromatic amines is 1. The fraction of sp³-hybridized carbons (Fsp3) is 0.0909. The van der Waals surface area contributed by atoms with Crippen LogP contribution in [-0.2, 0) is 6.42 Å². The summed E-state index contributed by atoms with van der Waals surface area (Å²) in [5.74, 6) is 0. The lowest BCUT2D eigenvalue weighted by molar-refractivity contribution is 1.10. The molecular formula is C11H8N3.